The van der Waals surface area contributed by atoms with Crippen LogP contribution in [0.1, 0.15) is 38.3 Å². The summed E-state index contributed by atoms with van der Waals surface area (Å²) in [6.45, 7) is 4.96. The van der Waals surface area contributed by atoms with E-state index in [0.717, 1.165) is 27.6 Å². The van der Waals surface area contributed by atoms with E-state index in [1.807, 2.05) is 44.2 Å². The lowest BCUT2D eigenvalue weighted by Crippen LogP contribution is -2.48. The zero-order valence-corrected chi connectivity index (χ0v) is 20.4. The van der Waals surface area contributed by atoms with Crippen LogP contribution in [-0.4, -0.2) is 44.3 Å². The van der Waals surface area contributed by atoms with Crippen molar-refractivity contribution in [2.45, 2.75) is 45.3 Å². The number of nitrogens with zero attached hydrogens (tertiary/aromatic N) is 4. The van der Waals surface area contributed by atoms with Crippen molar-refractivity contribution in [2.24, 2.45) is 5.92 Å². The van der Waals surface area contributed by atoms with Gasteiger partial charge in [0.2, 0.25) is 11.8 Å². The standard InChI is InChI=1S/C25H28BrN5O2/c1-17(2)23(31-15-13-28-29-31)25(33)30-14-5-8-22(30)24(32)27-16-18-9-11-19(12-10-18)20-6-3-4-7-21(20)26/h3-4,6-7,9-13,15,17,22-23H,5,8,14,16H2,1-2H3,(H,27,32). The number of rotatable bonds is 7. The van der Waals surface area contributed by atoms with Crippen LogP contribution in [0.2, 0.25) is 0 Å². The average molecular weight is 510 g/mol. The van der Waals surface area contributed by atoms with E-state index in [1.54, 1.807) is 22.0 Å². The van der Waals surface area contributed by atoms with Crippen molar-refractivity contribution in [3.05, 3.63) is 71.0 Å². The molecule has 0 saturated carbocycles. The van der Waals surface area contributed by atoms with Gasteiger partial charge in [0.15, 0.2) is 0 Å². The number of amides is 2. The van der Waals surface area contributed by atoms with E-state index < -0.39 is 12.1 Å². The van der Waals surface area contributed by atoms with E-state index >= 15 is 0 Å². The summed E-state index contributed by atoms with van der Waals surface area (Å²) in [6, 6.07) is 15.3. The van der Waals surface area contributed by atoms with E-state index in [9.17, 15) is 9.59 Å². The van der Waals surface area contributed by atoms with Gasteiger partial charge < -0.3 is 10.2 Å². The molecule has 1 N–H and O–H groups in total. The first kappa shape index (κ1) is 23.2. The van der Waals surface area contributed by atoms with Crippen molar-refractivity contribution in [3.8, 4) is 11.1 Å². The van der Waals surface area contributed by atoms with Gasteiger partial charge in [-0.05, 0) is 41.5 Å². The van der Waals surface area contributed by atoms with Gasteiger partial charge in [-0.2, -0.15) is 0 Å². The molecule has 7 nitrogen and oxygen atoms in total. The van der Waals surface area contributed by atoms with Crippen LogP contribution in [-0.2, 0) is 16.1 Å². The number of carbonyl (C=O) groups excluding carboxylic acids is 2. The molecule has 0 radical (unpaired) electrons. The topological polar surface area (TPSA) is 80.1 Å². The van der Waals surface area contributed by atoms with Gasteiger partial charge in [-0.25, -0.2) is 4.68 Å². The molecule has 2 aromatic carbocycles. The lowest BCUT2D eigenvalue weighted by atomic mass is 10.0. The molecule has 0 aliphatic carbocycles. The molecule has 8 heteroatoms. The molecule has 2 amide bonds. The van der Waals surface area contributed by atoms with Crippen molar-refractivity contribution in [2.75, 3.05) is 6.54 Å². The molecule has 2 heterocycles. The Kier molecular flexibility index (Phi) is 7.23. The Balaban J connectivity index is 1.40. The zero-order valence-electron chi connectivity index (χ0n) is 18.8. The van der Waals surface area contributed by atoms with Crippen LogP contribution < -0.4 is 5.32 Å². The minimum atomic E-state index is -0.467. The van der Waals surface area contributed by atoms with Crippen LogP contribution in [0.15, 0.2) is 65.4 Å². The normalized spacial score (nSPS) is 16.7. The van der Waals surface area contributed by atoms with Gasteiger partial charge in [0, 0.05) is 23.8 Å². The molecule has 0 spiro atoms. The maximum atomic E-state index is 13.3. The SMILES string of the molecule is CC(C)C(C(=O)N1CCCC1C(=O)NCc1ccc(-c2ccccc2Br)cc1)n1ccnn1. The number of benzene rings is 2. The lowest BCUT2D eigenvalue weighted by molar-refractivity contribution is -0.142. The van der Waals surface area contributed by atoms with Crippen molar-refractivity contribution in [3.63, 3.8) is 0 Å². The molecular weight excluding hydrogens is 482 g/mol. The summed E-state index contributed by atoms with van der Waals surface area (Å²) in [5.41, 5.74) is 3.25. The second-order valence-electron chi connectivity index (χ2n) is 8.66. The number of carbonyl (C=O) groups is 2. The molecular formula is C25H28BrN5O2. The van der Waals surface area contributed by atoms with Crippen molar-refractivity contribution >= 4 is 27.7 Å². The molecule has 33 heavy (non-hydrogen) atoms. The van der Waals surface area contributed by atoms with Crippen LogP contribution in [0.5, 0.6) is 0 Å². The summed E-state index contributed by atoms with van der Waals surface area (Å²) >= 11 is 3.59. The predicted octanol–water partition coefficient (Wildman–Crippen LogP) is 4.21. The van der Waals surface area contributed by atoms with Crippen molar-refractivity contribution < 1.29 is 9.59 Å². The van der Waals surface area contributed by atoms with Crippen molar-refractivity contribution in [1.82, 2.24) is 25.2 Å². The fourth-order valence-corrected chi connectivity index (χ4v) is 4.86. The highest BCUT2D eigenvalue weighted by Gasteiger charge is 2.39. The number of likely N-dealkylation sites (tertiary alicyclic amines) is 1. The van der Waals surface area contributed by atoms with Crippen LogP contribution in [0, 0.1) is 5.92 Å². The van der Waals surface area contributed by atoms with Gasteiger partial charge in [-0.15, -0.1) is 5.10 Å². The smallest absolute Gasteiger partial charge is 0.248 e. The molecule has 0 bridgehead atoms. The molecule has 4 rings (SSSR count). The van der Waals surface area contributed by atoms with E-state index in [1.165, 1.54) is 0 Å². The van der Waals surface area contributed by atoms with Crippen LogP contribution in [0.4, 0.5) is 0 Å². The van der Waals surface area contributed by atoms with Crippen molar-refractivity contribution in [1.29, 1.82) is 0 Å². The quantitative estimate of drug-likeness (QED) is 0.517. The van der Waals surface area contributed by atoms with E-state index in [-0.39, 0.29) is 17.7 Å². The molecule has 1 fully saturated rings. The summed E-state index contributed by atoms with van der Waals surface area (Å²) in [4.78, 5) is 28.0. The number of hydrogen-bond acceptors (Lipinski definition) is 4. The molecule has 1 aromatic heterocycles. The Morgan fingerprint density at radius 2 is 1.91 bits per heavy atom. The number of nitrogens with one attached hydrogen (secondary N) is 1. The minimum absolute atomic E-state index is 0.0340. The second-order valence-corrected chi connectivity index (χ2v) is 9.51. The molecule has 1 saturated heterocycles. The fraction of sp³-hybridized carbons (Fsp3) is 0.360. The highest BCUT2D eigenvalue weighted by atomic mass is 79.9. The number of halogens is 1. The zero-order chi connectivity index (χ0) is 23.4. The maximum absolute atomic E-state index is 13.3. The first-order valence-electron chi connectivity index (χ1n) is 11.2. The van der Waals surface area contributed by atoms with Gasteiger partial charge in [-0.3, -0.25) is 9.59 Å². The first-order valence-corrected chi connectivity index (χ1v) is 12.0. The van der Waals surface area contributed by atoms with Crippen LogP contribution in [0.25, 0.3) is 11.1 Å². The fourth-order valence-electron chi connectivity index (χ4n) is 4.35. The monoisotopic (exact) mass is 509 g/mol. The third kappa shape index (κ3) is 5.16. The summed E-state index contributed by atoms with van der Waals surface area (Å²) in [6.07, 6.45) is 4.75. The highest BCUT2D eigenvalue weighted by Crippen LogP contribution is 2.28. The van der Waals surface area contributed by atoms with Gasteiger partial charge in [0.25, 0.3) is 0 Å². The summed E-state index contributed by atoms with van der Waals surface area (Å²) in [7, 11) is 0. The number of aromatic nitrogens is 3. The molecule has 3 aromatic rings. The van der Waals surface area contributed by atoms with Gasteiger partial charge in [0.1, 0.15) is 12.1 Å². The molecule has 1 aliphatic heterocycles. The van der Waals surface area contributed by atoms with E-state index in [2.05, 4.69) is 49.8 Å². The number of hydrogen-bond donors (Lipinski definition) is 1. The van der Waals surface area contributed by atoms with Gasteiger partial charge in [-0.1, -0.05) is 77.5 Å². The Morgan fingerprint density at radius 1 is 1.15 bits per heavy atom. The second kappa shape index (κ2) is 10.3. The maximum Gasteiger partial charge on any atom is 0.248 e. The molecule has 2 unspecified atom stereocenters. The van der Waals surface area contributed by atoms with E-state index in [4.69, 9.17) is 0 Å². The Labute approximate surface area is 202 Å². The Bertz CT molecular complexity index is 1100. The van der Waals surface area contributed by atoms with Gasteiger partial charge in [0.05, 0.1) is 6.20 Å². The molecule has 172 valence electrons. The molecule has 1 aliphatic rings. The Morgan fingerprint density at radius 3 is 2.58 bits per heavy atom. The highest BCUT2D eigenvalue weighted by molar-refractivity contribution is 9.10. The lowest BCUT2D eigenvalue weighted by Gasteiger charge is -2.29. The van der Waals surface area contributed by atoms with Crippen LogP contribution >= 0.6 is 15.9 Å². The minimum Gasteiger partial charge on any atom is -0.350 e. The molecule has 2 atom stereocenters. The third-order valence-corrected chi connectivity index (χ3v) is 6.75. The summed E-state index contributed by atoms with van der Waals surface area (Å²) in [5.74, 6) is -0.158. The Hall–Kier alpha value is -3.00. The first-order chi connectivity index (χ1) is 16.0. The van der Waals surface area contributed by atoms with Gasteiger partial charge >= 0.3 is 0 Å². The predicted molar refractivity (Wildman–Crippen MR) is 130 cm³/mol. The summed E-state index contributed by atoms with van der Waals surface area (Å²) in [5, 5.41) is 10.9. The summed E-state index contributed by atoms with van der Waals surface area (Å²) < 4.78 is 2.63. The average Bonchev–Trinajstić information content (AvgIpc) is 3.51. The van der Waals surface area contributed by atoms with Crippen LogP contribution in [0.3, 0.4) is 0 Å². The third-order valence-electron chi connectivity index (χ3n) is 6.05. The van der Waals surface area contributed by atoms with E-state index in [0.29, 0.717) is 19.5 Å². The largest absolute Gasteiger partial charge is 0.350 e.